The first-order chi connectivity index (χ1) is 6.63. The SMILES string of the molecule is [C-]#[N+]C1CN(C(=O)NC(C)C)CCO1. The van der Waals surface area contributed by atoms with Gasteiger partial charge in [0.05, 0.1) is 6.61 Å². The molecule has 1 heterocycles. The van der Waals surface area contributed by atoms with Crippen LogP contribution in [0.5, 0.6) is 0 Å². The van der Waals surface area contributed by atoms with Crippen molar-refractivity contribution in [3.05, 3.63) is 11.4 Å². The van der Waals surface area contributed by atoms with E-state index in [1.807, 2.05) is 13.8 Å². The lowest BCUT2D eigenvalue weighted by molar-refractivity contribution is 0.0102. The second-order valence-corrected chi connectivity index (χ2v) is 3.50. The molecule has 1 fully saturated rings. The summed E-state index contributed by atoms with van der Waals surface area (Å²) < 4.78 is 5.14. The molecule has 0 spiro atoms. The molecule has 1 atom stereocenters. The smallest absolute Gasteiger partial charge is 0.336 e. The third kappa shape index (κ3) is 2.89. The Morgan fingerprint density at radius 2 is 2.43 bits per heavy atom. The number of hydrogen-bond donors (Lipinski definition) is 1. The number of hydrogen-bond acceptors (Lipinski definition) is 2. The van der Waals surface area contributed by atoms with Crippen molar-refractivity contribution in [3.8, 4) is 0 Å². The molecule has 1 rings (SSSR count). The van der Waals surface area contributed by atoms with Crippen molar-refractivity contribution in [2.75, 3.05) is 19.7 Å². The van der Waals surface area contributed by atoms with Crippen LogP contribution in [0.2, 0.25) is 0 Å². The number of morpholine rings is 1. The van der Waals surface area contributed by atoms with Crippen LogP contribution in [0.3, 0.4) is 0 Å². The van der Waals surface area contributed by atoms with Gasteiger partial charge in [-0.3, -0.25) is 4.85 Å². The highest BCUT2D eigenvalue weighted by Gasteiger charge is 2.27. The van der Waals surface area contributed by atoms with E-state index < -0.39 is 6.23 Å². The molecule has 78 valence electrons. The summed E-state index contributed by atoms with van der Waals surface area (Å²) in [5, 5.41) is 2.79. The fourth-order valence-electron chi connectivity index (χ4n) is 1.23. The zero-order valence-electron chi connectivity index (χ0n) is 8.49. The lowest BCUT2D eigenvalue weighted by Gasteiger charge is -2.28. The summed E-state index contributed by atoms with van der Waals surface area (Å²) in [4.78, 5) is 16.4. The quantitative estimate of drug-likeness (QED) is 0.628. The number of amides is 2. The summed E-state index contributed by atoms with van der Waals surface area (Å²) in [5.41, 5.74) is 0. The van der Waals surface area contributed by atoms with Gasteiger partial charge >= 0.3 is 12.3 Å². The first-order valence-electron chi connectivity index (χ1n) is 4.67. The number of urea groups is 1. The van der Waals surface area contributed by atoms with Gasteiger partial charge in [-0.25, -0.2) is 11.4 Å². The van der Waals surface area contributed by atoms with Gasteiger partial charge in [-0.15, -0.1) is 0 Å². The lowest BCUT2D eigenvalue weighted by atomic mass is 10.3. The van der Waals surface area contributed by atoms with Crippen LogP contribution in [-0.4, -0.2) is 42.9 Å². The monoisotopic (exact) mass is 197 g/mol. The van der Waals surface area contributed by atoms with Crippen LogP contribution in [0.15, 0.2) is 0 Å². The maximum absolute atomic E-state index is 11.5. The van der Waals surface area contributed by atoms with Crippen LogP contribution >= 0.6 is 0 Å². The first kappa shape index (κ1) is 10.8. The standard InChI is InChI=1S/C9H15N3O2/c1-7(2)11-9(13)12-4-5-14-8(6-12)10-3/h7-8H,4-6H2,1-2H3,(H,11,13). The maximum Gasteiger partial charge on any atom is 0.345 e. The van der Waals surface area contributed by atoms with E-state index in [1.165, 1.54) is 0 Å². The number of carbonyl (C=O) groups excluding carboxylic acids is 1. The second kappa shape index (κ2) is 4.82. The summed E-state index contributed by atoms with van der Waals surface area (Å²) in [7, 11) is 0. The molecule has 1 N–H and O–H groups in total. The molecule has 5 nitrogen and oxygen atoms in total. The van der Waals surface area contributed by atoms with Gasteiger partial charge in [-0.05, 0) is 13.8 Å². The average Bonchev–Trinajstić information content (AvgIpc) is 2.17. The van der Waals surface area contributed by atoms with Gasteiger partial charge in [0.1, 0.15) is 6.54 Å². The maximum atomic E-state index is 11.5. The predicted molar refractivity (Wildman–Crippen MR) is 51.6 cm³/mol. The zero-order chi connectivity index (χ0) is 10.6. The van der Waals surface area contributed by atoms with Crippen LogP contribution in [0, 0.1) is 6.57 Å². The summed E-state index contributed by atoms with van der Waals surface area (Å²) in [5.74, 6) is 0. The Hall–Kier alpha value is -1.28. The van der Waals surface area contributed by atoms with Crippen molar-refractivity contribution < 1.29 is 9.53 Å². The molecule has 1 unspecified atom stereocenters. The normalized spacial score (nSPS) is 21.9. The van der Waals surface area contributed by atoms with Crippen molar-refractivity contribution in [2.24, 2.45) is 0 Å². The highest BCUT2D eigenvalue weighted by molar-refractivity contribution is 5.74. The topological polar surface area (TPSA) is 45.9 Å². The van der Waals surface area contributed by atoms with E-state index in [9.17, 15) is 4.79 Å². The number of nitrogens with zero attached hydrogens (tertiary/aromatic N) is 2. The van der Waals surface area contributed by atoms with Crippen LogP contribution in [-0.2, 0) is 4.74 Å². The fourth-order valence-corrected chi connectivity index (χ4v) is 1.23. The van der Waals surface area contributed by atoms with Crippen molar-refractivity contribution in [3.63, 3.8) is 0 Å². The van der Waals surface area contributed by atoms with Crippen molar-refractivity contribution >= 4 is 6.03 Å². The van der Waals surface area contributed by atoms with E-state index in [2.05, 4.69) is 10.2 Å². The van der Waals surface area contributed by atoms with Gasteiger partial charge in [0, 0.05) is 12.6 Å². The summed E-state index contributed by atoms with van der Waals surface area (Å²) in [6.45, 7) is 12.0. The van der Waals surface area contributed by atoms with Crippen LogP contribution in [0.4, 0.5) is 4.79 Å². The highest BCUT2D eigenvalue weighted by atomic mass is 16.5. The van der Waals surface area contributed by atoms with Crippen LogP contribution < -0.4 is 5.32 Å². The third-order valence-corrected chi connectivity index (χ3v) is 1.89. The van der Waals surface area contributed by atoms with Crippen molar-refractivity contribution in [1.82, 2.24) is 10.2 Å². The molecule has 14 heavy (non-hydrogen) atoms. The molecular weight excluding hydrogens is 182 g/mol. The second-order valence-electron chi connectivity index (χ2n) is 3.50. The van der Waals surface area contributed by atoms with Gasteiger partial charge in [-0.1, -0.05) is 0 Å². The molecule has 0 aromatic heterocycles. The molecule has 0 bridgehead atoms. The molecule has 2 amide bonds. The number of carbonyl (C=O) groups is 1. The summed E-state index contributed by atoms with van der Waals surface area (Å²) in [6.07, 6.45) is -0.498. The molecule has 0 aromatic rings. The molecule has 1 aliphatic heterocycles. The van der Waals surface area contributed by atoms with Gasteiger partial charge in [0.25, 0.3) is 0 Å². The van der Waals surface area contributed by atoms with Gasteiger partial charge in [0.2, 0.25) is 0 Å². The lowest BCUT2D eigenvalue weighted by Crippen LogP contribution is -2.50. The molecule has 0 saturated carbocycles. The molecule has 5 heteroatoms. The molecule has 0 radical (unpaired) electrons. The fraction of sp³-hybridized carbons (Fsp3) is 0.778. The summed E-state index contributed by atoms with van der Waals surface area (Å²) in [6, 6.07) is 0.00804. The van der Waals surface area contributed by atoms with E-state index in [-0.39, 0.29) is 12.1 Å². The van der Waals surface area contributed by atoms with E-state index in [0.29, 0.717) is 19.7 Å². The van der Waals surface area contributed by atoms with Gasteiger partial charge in [0.15, 0.2) is 0 Å². The van der Waals surface area contributed by atoms with E-state index in [0.717, 1.165) is 0 Å². The van der Waals surface area contributed by atoms with E-state index in [1.54, 1.807) is 4.90 Å². The van der Waals surface area contributed by atoms with Gasteiger partial charge < -0.3 is 15.0 Å². The first-order valence-corrected chi connectivity index (χ1v) is 4.67. The largest absolute Gasteiger partial charge is 0.345 e. The Morgan fingerprint density at radius 3 is 3.00 bits per heavy atom. The van der Waals surface area contributed by atoms with Gasteiger partial charge in [-0.2, -0.15) is 0 Å². The Morgan fingerprint density at radius 1 is 1.71 bits per heavy atom. The average molecular weight is 197 g/mol. The number of nitrogens with one attached hydrogen (secondary N) is 1. The van der Waals surface area contributed by atoms with Crippen molar-refractivity contribution in [2.45, 2.75) is 26.1 Å². The highest BCUT2D eigenvalue weighted by Crippen LogP contribution is 2.06. The minimum absolute atomic E-state index is 0.114. The molecule has 0 aliphatic carbocycles. The number of ether oxygens (including phenoxy) is 1. The molecule has 1 saturated heterocycles. The van der Waals surface area contributed by atoms with E-state index >= 15 is 0 Å². The molecular formula is C9H15N3O2. The van der Waals surface area contributed by atoms with Crippen molar-refractivity contribution in [1.29, 1.82) is 0 Å². The summed E-state index contributed by atoms with van der Waals surface area (Å²) >= 11 is 0. The molecule has 1 aliphatic rings. The predicted octanol–water partition coefficient (Wildman–Crippen LogP) is 0.682. The zero-order valence-corrected chi connectivity index (χ0v) is 8.49. The number of rotatable bonds is 1. The van der Waals surface area contributed by atoms with Crippen LogP contribution in [0.1, 0.15) is 13.8 Å². The Bertz CT molecular complexity index is 247. The Balaban J connectivity index is 2.44. The Kier molecular flexibility index (Phi) is 3.72. The third-order valence-electron chi connectivity index (χ3n) is 1.89. The van der Waals surface area contributed by atoms with E-state index in [4.69, 9.17) is 11.3 Å². The molecule has 0 aromatic carbocycles. The van der Waals surface area contributed by atoms with Crippen LogP contribution in [0.25, 0.3) is 4.85 Å². The minimum Gasteiger partial charge on any atom is -0.336 e. The Labute approximate surface area is 83.8 Å². The minimum atomic E-state index is -0.498.